The molecule has 1 fully saturated rings. The van der Waals surface area contributed by atoms with Crippen LogP contribution in [0.1, 0.15) is 13.0 Å². The number of amides is 1. The molecule has 1 amide bonds. The summed E-state index contributed by atoms with van der Waals surface area (Å²) in [6.45, 7) is 7.67. The molecule has 0 aliphatic carbocycles. The number of carbonyl (C=O) groups is 1. The van der Waals surface area contributed by atoms with E-state index in [9.17, 15) is 4.79 Å². The molecule has 116 valence electrons. The van der Waals surface area contributed by atoms with Gasteiger partial charge in [0.2, 0.25) is 5.91 Å². The molecule has 0 bridgehead atoms. The Morgan fingerprint density at radius 1 is 1.40 bits per heavy atom. The molecule has 0 spiro atoms. The van der Waals surface area contributed by atoms with Gasteiger partial charge < -0.3 is 10.6 Å². The molecular weight excluding hydrogens is 301 g/mol. The fourth-order valence-corrected chi connectivity index (χ4v) is 2.05. The zero-order chi connectivity index (χ0) is 12.8. The zero-order valence-electron chi connectivity index (χ0n) is 11.6. The number of aromatic nitrogens is 2. The maximum absolute atomic E-state index is 11.9. The molecule has 1 aromatic rings. The van der Waals surface area contributed by atoms with Crippen molar-refractivity contribution in [3.8, 4) is 0 Å². The summed E-state index contributed by atoms with van der Waals surface area (Å²) in [5.41, 5.74) is 0. The smallest absolute Gasteiger partial charge is 0.244 e. The third kappa shape index (κ3) is 5.66. The Hall–Kier alpha value is -0.820. The van der Waals surface area contributed by atoms with E-state index in [2.05, 4.69) is 20.6 Å². The number of carbonyl (C=O) groups excluding carboxylic acids is 1. The van der Waals surface area contributed by atoms with Crippen LogP contribution in [-0.2, 0) is 4.79 Å². The molecule has 20 heavy (non-hydrogen) atoms. The second-order valence-corrected chi connectivity index (χ2v) is 4.54. The van der Waals surface area contributed by atoms with Crippen molar-refractivity contribution in [1.82, 2.24) is 25.3 Å². The Kier molecular flexibility index (Phi) is 9.58. The maximum atomic E-state index is 11.9. The van der Waals surface area contributed by atoms with Gasteiger partial charge in [-0.25, -0.2) is 0 Å². The van der Waals surface area contributed by atoms with Gasteiger partial charge in [-0.3, -0.25) is 14.4 Å². The lowest BCUT2D eigenvalue weighted by Crippen LogP contribution is -2.46. The molecule has 2 heterocycles. The zero-order valence-corrected chi connectivity index (χ0v) is 13.3. The monoisotopic (exact) mass is 323 g/mol. The normalized spacial score (nSPS) is 16.6. The van der Waals surface area contributed by atoms with Gasteiger partial charge in [-0.2, -0.15) is 5.10 Å². The number of halogens is 2. The molecule has 1 aliphatic rings. The second kappa shape index (κ2) is 9.99. The van der Waals surface area contributed by atoms with E-state index in [4.69, 9.17) is 0 Å². The van der Waals surface area contributed by atoms with E-state index in [-0.39, 0.29) is 36.8 Å². The highest BCUT2D eigenvalue weighted by Gasteiger charge is 2.15. The minimum absolute atomic E-state index is 0. The minimum atomic E-state index is -0.247. The van der Waals surface area contributed by atoms with Gasteiger partial charge in [-0.15, -0.1) is 24.8 Å². The maximum Gasteiger partial charge on any atom is 0.244 e. The van der Waals surface area contributed by atoms with Gasteiger partial charge in [0.15, 0.2) is 0 Å². The highest BCUT2D eigenvalue weighted by molar-refractivity contribution is 5.85. The number of nitrogens with zero attached hydrogens (tertiary/aromatic N) is 3. The van der Waals surface area contributed by atoms with Crippen LogP contribution in [-0.4, -0.2) is 59.9 Å². The SMILES string of the molecule is CC(C(=O)NCCN1CCNCC1)n1cccn1.Cl.Cl. The van der Waals surface area contributed by atoms with E-state index in [1.54, 1.807) is 17.1 Å². The number of hydrogen-bond acceptors (Lipinski definition) is 4. The summed E-state index contributed by atoms with van der Waals surface area (Å²) in [5.74, 6) is 0.0221. The van der Waals surface area contributed by atoms with Crippen LogP contribution in [0.25, 0.3) is 0 Å². The van der Waals surface area contributed by atoms with Gasteiger partial charge in [0.25, 0.3) is 0 Å². The Bertz CT molecular complexity index is 368. The predicted molar refractivity (Wildman–Crippen MR) is 83.8 cm³/mol. The molecule has 2 N–H and O–H groups in total. The van der Waals surface area contributed by atoms with Gasteiger partial charge in [-0.1, -0.05) is 0 Å². The summed E-state index contributed by atoms with van der Waals surface area (Å²) in [5, 5.41) is 10.3. The summed E-state index contributed by atoms with van der Waals surface area (Å²) in [7, 11) is 0. The van der Waals surface area contributed by atoms with E-state index in [0.717, 1.165) is 32.7 Å². The van der Waals surface area contributed by atoms with Crippen LogP contribution in [0, 0.1) is 0 Å². The van der Waals surface area contributed by atoms with E-state index in [0.29, 0.717) is 6.54 Å². The molecule has 0 saturated carbocycles. The molecule has 6 nitrogen and oxygen atoms in total. The molecule has 1 aromatic heterocycles. The van der Waals surface area contributed by atoms with Crippen LogP contribution in [0.2, 0.25) is 0 Å². The topological polar surface area (TPSA) is 62.2 Å². The molecule has 1 unspecified atom stereocenters. The number of rotatable bonds is 5. The summed E-state index contributed by atoms with van der Waals surface area (Å²) in [6, 6.07) is 1.58. The van der Waals surface area contributed by atoms with Gasteiger partial charge in [0.05, 0.1) is 0 Å². The average Bonchev–Trinajstić information content (AvgIpc) is 2.93. The van der Waals surface area contributed by atoms with Crippen molar-refractivity contribution in [3.63, 3.8) is 0 Å². The predicted octanol–water partition coefficient (Wildman–Crippen LogP) is 0.309. The standard InChI is InChI=1S/C12H21N5O.2ClH/c1-11(17-7-2-3-15-17)12(18)14-6-10-16-8-4-13-5-9-16;;/h2-3,7,11,13H,4-6,8-10H2,1H3,(H,14,18);2*1H. The quantitative estimate of drug-likeness (QED) is 0.818. The van der Waals surface area contributed by atoms with Gasteiger partial charge in [0, 0.05) is 51.7 Å². The average molecular weight is 324 g/mol. The number of piperazine rings is 1. The van der Waals surface area contributed by atoms with Crippen molar-refractivity contribution in [2.75, 3.05) is 39.3 Å². The highest BCUT2D eigenvalue weighted by Crippen LogP contribution is 2.02. The first-order valence-corrected chi connectivity index (χ1v) is 6.47. The lowest BCUT2D eigenvalue weighted by atomic mass is 10.3. The van der Waals surface area contributed by atoms with Crippen molar-refractivity contribution < 1.29 is 4.79 Å². The van der Waals surface area contributed by atoms with Crippen LogP contribution in [0.4, 0.5) is 0 Å². The molecule has 2 rings (SSSR count). The Labute approximate surface area is 132 Å². The van der Waals surface area contributed by atoms with Gasteiger partial charge in [0.1, 0.15) is 6.04 Å². The third-order valence-corrected chi connectivity index (χ3v) is 3.24. The molecule has 1 aliphatic heterocycles. The van der Waals surface area contributed by atoms with Gasteiger partial charge >= 0.3 is 0 Å². The second-order valence-electron chi connectivity index (χ2n) is 4.54. The van der Waals surface area contributed by atoms with Crippen LogP contribution in [0.15, 0.2) is 18.5 Å². The van der Waals surface area contributed by atoms with Crippen LogP contribution in [0.5, 0.6) is 0 Å². The summed E-state index contributed by atoms with van der Waals surface area (Å²) < 4.78 is 1.67. The first kappa shape index (κ1) is 19.2. The molecule has 1 saturated heterocycles. The fourth-order valence-electron chi connectivity index (χ4n) is 2.05. The van der Waals surface area contributed by atoms with Crippen LogP contribution in [0.3, 0.4) is 0 Å². The Morgan fingerprint density at radius 3 is 2.70 bits per heavy atom. The minimum Gasteiger partial charge on any atom is -0.353 e. The van der Waals surface area contributed by atoms with Crippen LogP contribution >= 0.6 is 24.8 Å². The summed E-state index contributed by atoms with van der Waals surface area (Å²) >= 11 is 0. The summed E-state index contributed by atoms with van der Waals surface area (Å²) in [4.78, 5) is 14.2. The molecule has 0 radical (unpaired) electrons. The lowest BCUT2D eigenvalue weighted by Gasteiger charge is -2.27. The molecule has 0 aromatic carbocycles. The van der Waals surface area contributed by atoms with Crippen molar-refractivity contribution in [3.05, 3.63) is 18.5 Å². The fraction of sp³-hybridized carbons (Fsp3) is 0.667. The highest BCUT2D eigenvalue weighted by atomic mass is 35.5. The summed E-state index contributed by atoms with van der Waals surface area (Å²) in [6.07, 6.45) is 3.49. The Balaban J connectivity index is 0.00000180. The van der Waals surface area contributed by atoms with Crippen molar-refractivity contribution in [2.45, 2.75) is 13.0 Å². The van der Waals surface area contributed by atoms with Crippen molar-refractivity contribution >= 4 is 30.7 Å². The Morgan fingerprint density at radius 2 is 2.10 bits per heavy atom. The van der Waals surface area contributed by atoms with Crippen LogP contribution < -0.4 is 10.6 Å². The third-order valence-electron chi connectivity index (χ3n) is 3.24. The van der Waals surface area contributed by atoms with Crippen molar-refractivity contribution in [2.24, 2.45) is 0 Å². The van der Waals surface area contributed by atoms with Crippen molar-refractivity contribution in [1.29, 1.82) is 0 Å². The van der Waals surface area contributed by atoms with E-state index in [1.165, 1.54) is 0 Å². The number of hydrogen-bond donors (Lipinski definition) is 2. The molecule has 1 atom stereocenters. The first-order valence-electron chi connectivity index (χ1n) is 6.47. The molecular formula is C12H23Cl2N5O. The van der Waals surface area contributed by atoms with E-state index in [1.807, 2.05) is 13.0 Å². The lowest BCUT2D eigenvalue weighted by molar-refractivity contribution is -0.124. The largest absolute Gasteiger partial charge is 0.353 e. The van der Waals surface area contributed by atoms with Gasteiger partial charge in [-0.05, 0) is 13.0 Å². The van der Waals surface area contributed by atoms with E-state index < -0.39 is 0 Å². The van der Waals surface area contributed by atoms with E-state index >= 15 is 0 Å². The molecule has 8 heteroatoms. The number of nitrogens with one attached hydrogen (secondary N) is 2. The first-order chi connectivity index (χ1) is 8.77.